The van der Waals surface area contributed by atoms with Gasteiger partial charge in [0.1, 0.15) is 0 Å². The van der Waals surface area contributed by atoms with Crippen LogP contribution in [0, 0.1) is 0 Å². The molecule has 110 valence electrons. The topological polar surface area (TPSA) is 93.9 Å². The van der Waals surface area contributed by atoms with Gasteiger partial charge in [-0.15, -0.1) is 0 Å². The number of hydrazone groups is 1. The zero-order valence-corrected chi connectivity index (χ0v) is 12.1. The number of nitrogens with zero attached hydrogens (tertiary/aromatic N) is 2. The number of carbonyl (C=O) groups is 1. The summed E-state index contributed by atoms with van der Waals surface area (Å²) in [6, 6.07) is 9.45. The summed E-state index contributed by atoms with van der Waals surface area (Å²) >= 11 is 0. The maximum atomic E-state index is 11.0. The monoisotopic (exact) mass is 278 g/mol. The smallest absolute Gasteiger partial charge is 0.338 e. The average molecular weight is 278 g/mol. The van der Waals surface area contributed by atoms with Crippen LogP contribution >= 0.6 is 0 Å². The molecular formula is C14H22N4O2. The van der Waals surface area contributed by atoms with E-state index >= 15 is 0 Å². The van der Waals surface area contributed by atoms with Crippen LogP contribution in [-0.4, -0.2) is 25.3 Å². The molecule has 1 aromatic rings. The van der Waals surface area contributed by atoms with Crippen LogP contribution in [0.15, 0.2) is 47.6 Å². The lowest BCUT2D eigenvalue weighted by Crippen LogP contribution is -2.24. The summed E-state index contributed by atoms with van der Waals surface area (Å²) < 4.78 is 4.46. The van der Waals surface area contributed by atoms with Crippen LogP contribution < -0.4 is 16.7 Å². The first kappa shape index (κ1) is 17.8. The third kappa shape index (κ3) is 8.02. The molecule has 1 aromatic carbocycles. The first-order valence-corrected chi connectivity index (χ1v) is 6.05. The van der Waals surface area contributed by atoms with Crippen molar-refractivity contribution in [1.82, 2.24) is 0 Å². The molecule has 0 aliphatic rings. The number of carbonyl (C=O) groups excluding carboxylic acids is 1. The summed E-state index contributed by atoms with van der Waals surface area (Å²) in [7, 11) is 1.28. The Bertz CT molecular complexity index is 441. The molecule has 0 heterocycles. The van der Waals surface area contributed by atoms with Gasteiger partial charge in [0, 0.05) is 0 Å². The second-order valence-electron chi connectivity index (χ2n) is 4.19. The van der Waals surface area contributed by atoms with Crippen LogP contribution in [0.2, 0.25) is 0 Å². The highest BCUT2D eigenvalue weighted by Crippen LogP contribution is 2.08. The number of para-hydroxylation sites is 1. The Labute approximate surface area is 119 Å². The second kappa shape index (κ2) is 9.71. The van der Waals surface area contributed by atoms with E-state index in [1.165, 1.54) is 13.3 Å². The number of methoxy groups -OCH3 is 1. The first-order valence-electron chi connectivity index (χ1n) is 6.05. The van der Waals surface area contributed by atoms with E-state index in [2.05, 4.69) is 16.4 Å². The van der Waals surface area contributed by atoms with E-state index in [4.69, 9.17) is 11.6 Å². The highest BCUT2D eigenvalue weighted by atomic mass is 16.5. The molecule has 0 spiro atoms. The molecule has 0 fully saturated rings. The Morgan fingerprint density at radius 1 is 1.40 bits per heavy atom. The Morgan fingerprint density at radius 3 is 2.35 bits per heavy atom. The fourth-order valence-electron chi connectivity index (χ4n) is 0.963. The van der Waals surface area contributed by atoms with Gasteiger partial charge in [0.2, 0.25) is 0 Å². The van der Waals surface area contributed by atoms with E-state index < -0.39 is 5.97 Å². The lowest BCUT2D eigenvalue weighted by molar-refractivity contribution is -0.135. The van der Waals surface area contributed by atoms with Crippen LogP contribution in [0.25, 0.3) is 0 Å². The van der Waals surface area contributed by atoms with Gasteiger partial charge in [0.05, 0.1) is 24.6 Å². The lowest BCUT2D eigenvalue weighted by atomic mass is 10.3. The van der Waals surface area contributed by atoms with Crippen molar-refractivity contribution >= 4 is 17.9 Å². The highest BCUT2D eigenvalue weighted by Gasteiger charge is 2.03. The molecule has 0 amide bonds. The van der Waals surface area contributed by atoms with Crippen molar-refractivity contribution in [2.75, 3.05) is 12.2 Å². The number of ether oxygens (including phenoxy) is 1. The molecule has 20 heavy (non-hydrogen) atoms. The summed E-state index contributed by atoms with van der Waals surface area (Å²) in [4.78, 5) is 11.0. The Hall–Kier alpha value is -2.18. The maximum absolute atomic E-state index is 11.0. The van der Waals surface area contributed by atoms with E-state index in [1.807, 2.05) is 32.0 Å². The van der Waals surface area contributed by atoms with E-state index in [-0.39, 0.29) is 5.57 Å². The van der Waals surface area contributed by atoms with Crippen LogP contribution in [0.1, 0.15) is 13.8 Å². The van der Waals surface area contributed by atoms with Gasteiger partial charge in [0.15, 0.2) is 0 Å². The minimum atomic E-state index is -0.537. The third-order valence-corrected chi connectivity index (χ3v) is 1.81. The summed E-state index contributed by atoms with van der Waals surface area (Å²) in [6.07, 6.45) is 1.25. The zero-order valence-electron chi connectivity index (χ0n) is 12.1. The Morgan fingerprint density at radius 2 is 1.90 bits per heavy atom. The number of hydrogen-bond acceptors (Lipinski definition) is 6. The molecule has 0 aliphatic carbocycles. The van der Waals surface area contributed by atoms with E-state index in [0.717, 1.165) is 5.12 Å². The summed E-state index contributed by atoms with van der Waals surface area (Å²) in [5.74, 6) is 5.09. The third-order valence-electron chi connectivity index (χ3n) is 1.81. The SMILES string of the molecule is C=C(/C=N\N(N)c1ccccc1)C(=O)OC.CC(C)N. The first-order chi connectivity index (χ1) is 9.38. The van der Waals surface area contributed by atoms with Crippen LogP contribution in [0.3, 0.4) is 0 Å². The lowest BCUT2D eigenvalue weighted by Gasteiger charge is -2.11. The van der Waals surface area contributed by atoms with Crippen LogP contribution in [-0.2, 0) is 9.53 Å². The quantitative estimate of drug-likeness (QED) is 0.286. The van der Waals surface area contributed by atoms with Gasteiger partial charge in [-0.25, -0.2) is 10.6 Å². The molecule has 6 heteroatoms. The molecule has 0 aliphatic heterocycles. The van der Waals surface area contributed by atoms with E-state index in [0.29, 0.717) is 11.7 Å². The number of esters is 1. The van der Waals surface area contributed by atoms with Gasteiger partial charge in [-0.1, -0.05) is 38.6 Å². The number of nitrogens with two attached hydrogens (primary N) is 2. The van der Waals surface area contributed by atoms with Crippen molar-refractivity contribution in [3.05, 3.63) is 42.5 Å². The molecule has 6 nitrogen and oxygen atoms in total. The second-order valence-corrected chi connectivity index (χ2v) is 4.19. The van der Waals surface area contributed by atoms with E-state index in [1.54, 1.807) is 12.1 Å². The van der Waals surface area contributed by atoms with Crippen molar-refractivity contribution in [3.8, 4) is 0 Å². The van der Waals surface area contributed by atoms with Gasteiger partial charge in [-0.2, -0.15) is 10.2 Å². The minimum absolute atomic E-state index is 0.133. The van der Waals surface area contributed by atoms with E-state index in [9.17, 15) is 4.79 Å². The predicted molar refractivity (Wildman–Crippen MR) is 82.1 cm³/mol. The molecule has 0 unspecified atom stereocenters. The van der Waals surface area contributed by atoms with Crippen LogP contribution in [0.4, 0.5) is 5.69 Å². The Balaban J connectivity index is 0.000000796. The van der Waals surface area contributed by atoms with Crippen molar-refractivity contribution in [2.24, 2.45) is 16.7 Å². The summed E-state index contributed by atoms with van der Waals surface area (Å²) in [6.45, 7) is 7.37. The molecule has 0 saturated heterocycles. The minimum Gasteiger partial charge on any atom is -0.465 e. The predicted octanol–water partition coefficient (Wildman–Crippen LogP) is 1.44. The molecule has 0 radical (unpaired) electrons. The van der Waals surface area contributed by atoms with Gasteiger partial charge in [-0.3, -0.25) is 0 Å². The maximum Gasteiger partial charge on any atom is 0.338 e. The standard InChI is InChI=1S/C11H13N3O2.C3H9N/c1-9(11(15)16-2)8-13-14(12)10-6-4-3-5-7-10;1-3(2)4/h3-8H,1,12H2,2H3;3H,4H2,1-2H3/b13-8-;. The number of hydrogen-bond donors (Lipinski definition) is 2. The normalized spacial score (nSPS) is 9.90. The van der Waals surface area contributed by atoms with Gasteiger partial charge < -0.3 is 10.5 Å². The average Bonchev–Trinajstić information content (AvgIpc) is 2.43. The van der Waals surface area contributed by atoms with Gasteiger partial charge in [0.25, 0.3) is 0 Å². The number of anilines is 1. The highest BCUT2D eigenvalue weighted by molar-refractivity contribution is 6.08. The molecule has 0 atom stereocenters. The summed E-state index contributed by atoms with van der Waals surface area (Å²) in [5.41, 5.74) is 5.95. The van der Waals surface area contributed by atoms with Gasteiger partial charge in [-0.05, 0) is 18.2 Å². The largest absolute Gasteiger partial charge is 0.465 e. The zero-order chi connectivity index (χ0) is 15.5. The molecular weight excluding hydrogens is 256 g/mol. The number of rotatable bonds is 4. The van der Waals surface area contributed by atoms with Crippen molar-refractivity contribution in [2.45, 2.75) is 19.9 Å². The number of benzene rings is 1. The molecule has 1 rings (SSSR count). The Kier molecular flexibility index (Phi) is 8.65. The number of hydrazine groups is 1. The van der Waals surface area contributed by atoms with Crippen molar-refractivity contribution in [3.63, 3.8) is 0 Å². The fraction of sp³-hybridized carbons (Fsp3) is 0.286. The molecule has 4 N–H and O–H groups in total. The van der Waals surface area contributed by atoms with Crippen LogP contribution in [0.5, 0.6) is 0 Å². The van der Waals surface area contributed by atoms with Crippen molar-refractivity contribution in [1.29, 1.82) is 0 Å². The van der Waals surface area contributed by atoms with Crippen molar-refractivity contribution < 1.29 is 9.53 Å². The molecule has 0 bridgehead atoms. The summed E-state index contributed by atoms with van der Waals surface area (Å²) in [5, 5.41) is 5.00. The fourth-order valence-corrected chi connectivity index (χ4v) is 0.963. The van der Waals surface area contributed by atoms with Gasteiger partial charge >= 0.3 is 5.97 Å². The molecule has 0 aromatic heterocycles. The molecule has 0 saturated carbocycles.